The molecule has 0 N–H and O–H groups in total. The molecule has 4 aromatic rings. The van der Waals surface area contributed by atoms with Crippen LogP contribution in [-0.4, -0.2) is 16.1 Å². The summed E-state index contributed by atoms with van der Waals surface area (Å²) in [5.41, 5.74) is 0.232. The first-order valence-corrected chi connectivity index (χ1v) is 8.47. The summed E-state index contributed by atoms with van der Waals surface area (Å²) in [4.78, 5) is 12.9. The molecule has 0 radical (unpaired) electrons. The van der Waals surface area contributed by atoms with Crippen LogP contribution in [0.25, 0.3) is 27.7 Å². The van der Waals surface area contributed by atoms with Crippen LogP contribution in [0.5, 0.6) is 5.75 Å². The molecule has 4 nitrogen and oxygen atoms in total. The Morgan fingerprint density at radius 2 is 1.45 bits per heavy atom. The van der Waals surface area contributed by atoms with Crippen LogP contribution >= 0.6 is 0 Å². The van der Waals surface area contributed by atoms with Crippen molar-refractivity contribution in [1.82, 2.24) is 9.78 Å². The number of halogens is 4. The third-order valence-electron chi connectivity index (χ3n) is 4.25. The van der Waals surface area contributed by atoms with Gasteiger partial charge in [-0.15, -0.1) is 13.2 Å². The van der Waals surface area contributed by atoms with Crippen LogP contribution < -0.4 is 10.3 Å². The Kier molecular flexibility index (Phi) is 4.54. The predicted octanol–water partition coefficient (Wildman–Crippen LogP) is 5.09. The molecule has 146 valence electrons. The lowest BCUT2D eigenvalue weighted by Gasteiger charge is -2.13. The van der Waals surface area contributed by atoms with E-state index in [0.717, 1.165) is 16.8 Å². The summed E-state index contributed by atoms with van der Waals surface area (Å²) in [6.07, 6.45) is -4.80. The SMILES string of the molecule is O=c1c2ccccc2c(-c2ccc(OC(F)(F)F)cc2)nn1-c1ccccc1F. The molecule has 3 aromatic carbocycles. The number of alkyl halides is 3. The van der Waals surface area contributed by atoms with Gasteiger partial charge in [-0.2, -0.15) is 9.78 Å². The average molecular weight is 400 g/mol. The molecular formula is C21H12F4N2O2. The lowest BCUT2D eigenvalue weighted by atomic mass is 10.0. The minimum atomic E-state index is -4.80. The first kappa shape index (κ1) is 18.7. The van der Waals surface area contributed by atoms with E-state index in [1.165, 1.54) is 30.3 Å². The molecule has 0 amide bonds. The topological polar surface area (TPSA) is 44.1 Å². The quantitative estimate of drug-likeness (QED) is 0.450. The van der Waals surface area contributed by atoms with Gasteiger partial charge in [0.1, 0.15) is 17.3 Å². The van der Waals surface area contributed by atoms with Crippen molar-refractivity contribution in [3.63, 3.8) is 0 Å². The molecule has 1 heterocycles. The normalized spacial score (nSPS) is 11.6. The highest BCUT2D eigenvalue weighted by Crippen LogP contribution is 2.29. The van der Waals surface area contributed by atoms with Crippen LogP contribution in [0.1, 0.15) is 0 Å². The van der Waals surface area contributed by atoms with Crippen LogP contribution in [-0.2, 0) is 0 Å². The van der Waals surface area contributed by atoms with Gasteiger partial charge in [-0.3, -0.25) is 4.79 Å². The van der Waals surface area contributed by atoms with E-state index in [1.54, 1.807) is 30.3 Å². The summed E-state index contributed by atoms with van der Waals surface area (Å²) in [5.74, 6) is -1.01. The van der Waals surface area contributed by atoms with Gasteiger partial charge in [0, 0.05) is 10.9 Å². The minimum Gasteiger partial charge on any atom is -0.406 e. The summed E-state index contributed by atoms with van der Waals surface area (Å²) < 4.78 is 56.3. The zero-order chi connectivity index (χ0) is 20.6. The fourth-order valence-electron chi connectivity index (χ4n) is 3.00. The lowest BCUT2D eigenvalue weighted by Crippen LogP contribution is -2.23. The summed E-state index contributed by atoms with van der Waals surface area (Å²) in [6, 6.07) is 17.4. The number of hydrogen-bond acceptors (Lipinski definition) is 3. The Bertz CT molecular complexity index is 1250. The Labute approximate surface area is 161 Å². The van der Waals surface area contributed by atoms with E-state index in [9.17, 15) is 22.4 Å². The molecule has 8 heteroatoms. The second kappa shape index (κ2) is 7.05. The number of nitrogens with zero attached hydrogens (tertiary/aromatic N) is 2. The summed E-state index contributed by atoms with van der Waals surface area (Å²) in [5, 5.41) is 5.10. The van der Waals surface area contributed by atoms with Gasteiger partial charge in [0.15, 0.2) is 0 Å². The van der Waals surface area contributed by atoms with Gasteiger partial charge in [-0.25, -0.2) is 4.39 Å². The highest BCUT2D eigenvalue weighted by molar-refractivity contribution is 5.94. The highest BCUT2D eigenvalue weighted by Gasteiger charge is 2.31. The van der Waals surface area contributed by atoms with Crippen LogP contribution in [0, 0.1) is 5.82 Å². The Balaban J connectivity index is 1.92. The third-order valence-corrected chi connectivity index (χ3v) is 4.25. The van der Waals surface area contributed by atoms with Gasteiger partial charge in [0.25, 0.3) is 5.56 Å². The number of aromatic nitrogens is 2. The maximum atomic E-state index is 14.3. The van der Waals surface area contributed by atoms with Crippen molar-refractivity contribution in [2.45, 2.75) is 6.36 Å². The molecule has 0 aliphatic heterocycles. The van der Waals surface area contributed by atoms with Crippen molar-refractivity contribution in [1.29, 1.82) is 0 Å². The smallest absolute Gasteiger partial charge is 0.406 e. The molecule has 0 bridgehead atoms. The van der Waals surface area contributed by atoms with Crippen molar-refractivity contribution in [2.24, 2.45) is 0 Å². The van der Waals surface area contributed by atoms with Crippen LogP contribution in [0.4, 0.5) is 17.6 Å². The molecule has 0 saturated heterocycles. The van der Waals surface area contributed by atoms with Gasteiger partial charge in [-0.05, 0) is 42.5 Å². The summed E-state index contributed by atoms with van der Waals surface area (Å²) in [6.45, 7) is 0. The zero-order valence-electron chi connectivity index (χ0n) is 14.7. The predicted molar refractivity (Wildman–Crippen MR) is 99.4 cm³/mol. The third kappa shape index (κ3) is 3.69. The molecule has 1 aromatic heterocycles. The fourth-order valence-corrected chi connectivity index (χ4v) is 3.00. The van der Waals surface area contributed by atoms with E-state index in [2.05, 4.69) is 9.84 Å². The maximum absolute atomic E-state index is 14.3. The molecule has 0 saturated carbocycles. The van der Waals surface area contributed by atoms with Crippen LogP contribution in [0.3, 0.4) is 0 Å². The Hall–Kier alpha value is -3.68. The van der Waals surface area contributed by atoms with Gasteiger partial charge in [0.05, 0.1) is 11.1 Å². The molecule has 0 aliphatic carbocycles. The Morgan fingerprint density at radius 1 is 0.828 bits per heavy atom. The molecule has 29 heavy (non-hydrogen) atoms. The summed E-state index contributed by atoms with van der Waals surface area (Å²) >= 11 is 0. The number of para-hydroxylation sites is 1. The minimum absolute atomic E-state index is 0.0264. The Morgan fingerprint density at radius 3 is 2.10 bits per heavy atom. The van der Waals surface area contributed by atoms with Gasteiger partial charge >= 0.3 is 6.36 Å². The van der Waals surface area contributed by atoms with Crippen molar-refractivity contribution in [3.05, 3.63) is 89.0 Å². The van der Waals surface area contributed by atoms with Crippen LogP contribution in [0.15, 0.2) is 77.6 Å². The first-order chi connectivity index (χ1) is 13.8. The zero-order valence-corrected chi connectivity index (χ0v) is 14.7. The van der Waals surface area contributed by atoms with E-state index in [4.69, 9.17) is 0 Å². The van der Waals surface area contributed by atoms with E-state index < -0.39 is 17.7 Å². The van der Waals surface area contributed by atoms with Gasteiger partial charge < -0.3 is 4.74 Å². The second-order valence-corrected chi connectivity index (χ2v) is 6.13. The van der Waals surface area contributed by atoms with E-state index in [-0.39, 0.29) is 11.4 Å². The highest BCUT2D eigenvalue weighted by atomic mass is 19.4. The van der Waals surface area contributed by atoms with Crippen molar-refractivity contribution < 1.29 is 22.3 Å². The van der Waals surface area contributed by atoms with E-state index in [0.29, 0.717) is 22.0 Å². The van der Waals surface area contributed by atoms with E-state index in [1.807, 2.05) is 0 Å². The molecule has 0 atom stereocenters. The molecule has 0 aliphatic rings. The van der Waals surface area contributed by atoms with Crippen LogP contribution in [0.2, 0.25) is 0 Å². The number of ether oxygens (including phenoxy) is 1. The molecular weight excluding hydrogens is 388 g/mol. The number of fused-ring (bicyclic) bond motifs is 1. The molecule has 0 spiro atoms. The average Bonchev–Trinajstić information content (AvgIpc) is 2.69. The van der Waals surface area contributed by atoms with Gasteiger partial charge in [0.2, 0.25) is 0 Å². The van der Waals surface area contributed by atoms with Crippen molar-refractivity contribution in [3.8, 4) is 22.7 Å². The van der Waals surface area contributed by atoms with Crippen molar-refractivity contribution >= 4 is 10.8 Å². The monoisotopic (exact) mass is 400 g/mol. The van der Waals surface area contributed by atoms with Gasteiger partial charge in [-0.1, -0.05) is 30.3 Å². The van der Waals surface area contributed by atoms with E-state index >= 15 is 0 Å². The lowest BCUT2D eigenvalue weighted by molar-refractivity contribution is -0.274. The molecule has 0 fully saturated rings. The maximum Gasteiger partial charge on any atom is 0.573 e. The largest absolute Gasteiger partial charge is 0.573 e. The molecule has 4 rings (SSSR count). The molecule has 0 unspecified atom stereocenters. The second-order valence-electron chi connectivity index (χ2n) is 6.13. The summed E-state index contributed by atoms with van der Waals surface area (Å²) in [7, 11) is 0. The standard InChI is InChI=1S/C21H12F4N2O2/c22-17-7-3-4-8-18(17)27-20(28)16-6-2-1-5-15(16)19(26-27)13-9-11-14(12-10-13)29-21(23,24)25/h1-12H. The first-order valence-electron chi connectivity index (χ1n) is 8.47. The fraction of sp³-hybridized carbons (Fsp3) is 0.0476. The number of hydrogen-bond donors (Lipinski definition) is 0. The number of rotatable bonds is 3. The number of benzene rings is 3. The van der Waals surface area contributed by atoms with Crippen molar-refractivity contribution in [2.75, 3.05) is 0 Å².